The first-order chi connectivity index (χ1) is 7.22. The van der Waals surface area contributed by atoms with Crippen LogP contribution in [-0.2, 0) is 9.59 Å². The van der Waals surface area contributed by atoms with Gasteiger partial charge in [0.1, 0.15) is 12.0 Å². The van der Waals surface area contributed by atoms with Gasteiger partial charge < -0.3 is 10.1 Å². The molecule has 0 spiro atoms. The van der Waals surface area contributed by atoms with E-state index in [1.54, 1.807) is 24.3 Å². The lowest BCUT2D eigenvalue weighted by atomic mass is 10.3. The van der Waals surface area contributed by atoms with Crippen LogP contribution >= 0.6 is 0 Å². The number of anilines is 1. The van der Waals surface area contributed by atoms with E-state index in [4.69, 9.17) is 4.74 Å². The molecule has 0 fully saturated rings. The summed E-state index contributed by atoms with van der Waals surface area (Å²) in [4.78, 5) is 20.8. The van der Waals surface area contributed by atoms with Crippen LogP contribution in [0.4, 0.5) is 5.69 Å². The van der Waals surface area contributed by atoms with E-state index in [9.17, 15) is 9.59 Å². The smallest absolute Gasteiger partial charge is 0.221 e. The number of aldehydes is 1. The molecule has 0 atom stereocenters. The fourth-order valence-corrected chi connectivity index (χ4v) is 1.00. The van der Waals surface area contributed by atoms with E-state index in [2.05, 4.69) is 5.32 Å². The molecule has 0 aliphatic heterocycles. The van der Waals surface area contributed by atoms with Crippen LogP contribution in [0.2, 0.25) is 0 Å². The Morgan fingerprint density at radius 3 is 2.93 bits per heavy atom. The summed E-state index contributed by atoms with van der Waals surface area (Å²) in [6, 6.07) is 6.88. The average Bonchev–Trinajstić information content (AvgIpc) is 2.18. The fraction of sp³-hybridized carbons (Fsp3) is 0.0909. The Hall–Kier alpha value is -2.10. The van der Waals surface area contributed by atoms with Crippen molar-refractivity contribution >= 4 is 17.9 Å². The maximum Gasteiger partial charge on any atom is 0.221 e. The van der Waals surface area contributed by atoms with Crippen molar-refractivity contribution in [2.75, 3.05) is 5.32 Å². The van der Waals surface area contributed by atoms with Crippen LogP contribution in [0.15, 0.2) is 36.6 Å². The first kappa shape index (κ1) is 11.0. The largest absolute Gasteiger partial charge is 0.465 e. The third-order valence-corrected chi connectivity index (χ3v) is 1.52. The summed E-state index contributed by atoms with van der Waals surface area (Å²) < 4.78 is 5.11. The van der Waals surface area contributed by atoms with Gasteiger partial charge in [-0.25, -0.2) is 0 Å². The van der Waals surface area contributed by atoms with Gasteiger partial charge in [-0.15, -0.1) is 0 Å². The average molecular weight is 205 g/mol. The number of nitrogens with one attached hydrogen (secondary N) is 1. The minimum absolute atomic E-state index is 0.143. The third-order valence-electron chi connectivity index (χ3n) is 1.52. The zero-order valence-electron chi connectivity index (χ0n) is 8.27. The van der Waals surface area contributed by atoms with E-state index in [1.165, 1.54) is 19.3 Å². The van der Waals surface area contributed by atoms with Crippen LogP contribution in [0.1, 0.15) is 6.92 Å². The van der Waals surface area contributed by atoms with Gasteiger partial charge in [0.25, 0.3) is 0 Å². The summed E-state index contributed by atoms with van der Waals surface area (Å²) >= 11 is 0. The summed E-state index contributed by atoms with van der Waals surface area (Å²) in [6.45, 7) is 1.43. The predicted molar refractivity (Wildman–Crippen MR) is 56.6 cm³/mol. The summed E-state index contributed by atoms with van der Waals surface area (Å²) in [5.74, 6) is 0.412. The van der Waals surface area contributed by atoms with Crippen molar-refractivity contribution in [1.82, 2.24) is 0 Å². The van der Waals surface area contributed by atoms with Gasteiger partial charge in [-0.2, -0.15) is 0 Å². The summed E-state index contributed by atoms with van der Waals surface area (Å²) in [6.07, 6.45) is 3.14. The van der Waals surface area contributed by atoms with Crippen LogP contribution in [0.25, 0.3) is 0 Å². The highest BCUT2D eigenvalue weighted by molar-refractivity contribution is 5.88. The number of amides is 1. The summed E-state index contributed by atoms with van der Waals surface area (Å²) in [5.41, 5.74) is 0.652. The molecule has 1 aromatic rings. The van der Waals surface area contributed by atoms with Crippen LogP contribution in [-0.4, -0.2) is 12.2 Å². The molecule has 0 aliphatic rings. The molecule has 78 valence electrons. The fourth-order valence-electron chi connectivity index (χ4n) is 1.00. The van der Waals surface area contributed by atoms with E-state index in [0.717, 1.165) is 0 Å². The molecule has 0 unspecified atom stereocenters. The van der Waals surface area contributed by atoms with Crippen LogP contribution in [0.5, 0.6) is 5.75 Å². The van der Waals surface area contributed by atoms with Gasteiger partial charge in [0.15, 0.2) is 0 Å². The van der Waals surface area contributed by atoms with Crippen LogP contribution in [0, 0.1) is 0 Å². The van der Waals surface area contributed by atoms with Gasteiger partial charge in [0.05, 0.1) is 6.26 Å². The lowest BCUT2D eigenvalue weighted by Crippen LogP contribution is -2.05. The number of hydrogen-bond acceptors (Lipinski definition) is 3. The van der Waals surface area contributed by atoms with E-state index in [-0.39, 0.29) is 5.91 Å². The monoisotopic (exact) mass is 205 g/mol. The quantitative estimate of drug-likeness (QED) is 0.462. The Kier molecular flexibility index (Phi) is 4.09. The topological polar surface area (TPSA) is 55.4 Å². The molecular formula is C11H11NO3. The van der Waals surface area contributed by atoms with Gasteiger partial charge in [-0.3, -0.25) is 9.59 Å². The predicted octanol–water partition coefficient (Wildman–Crippen LogP) is 1.74. The van der Waals surface area contributed by atoms with Crippen molar-refractivity contribution in [2.24, 2.45) is 0 Å². The highest BCUT2D eigenvalue weighted by Gasteiger charge is 1.96. The van der Waals surface area contributed by atoms with Crippen LogP contribution in [0.3, 0.4) is 0 Å². The number of allylic oxidation sites excluding steroid dienone is 1. The van der Waals surface area contributed by atoms with E-state index >= 15 is 0 Å². The number of carbonyl (C=O) groups is 2. The molecule has 1 amide bonds. The Morgan fingerprint density at radius 2 is 2.27 bits per heavy atom. The molecule has 15 heavy (non-hydrogen) atoms. The van der Waals surface area contributed by atoms with Gasteiger partial charge in [-0.1, -0.05) is 6.07 Å². The second kappa shape index (κ2) is 5.59. The highest BCUT2D eigenvalue weighted by atomic mass is 16.5. The molecule has 0 radical (unpaired) electrons. The van der Waals surface area contributed by atoms with Crippen molar-refractivity contribution in [3.8, 4) is 5.75 Å². The molecule has 1 N–H and O–H groups in total. The second-order valence-electron chi connectivity index (χ2n) is 2.79. The molecule has 0 bridgehead atoms. The maximum absolute atomic E-state index is 10.8. The van der Waals surface area contributed by atoms with Gasteiger partial charge in [0.2, 0.25) is 5.91 Å². The second-order valence-corrected chi connectivity index (χ2v) is 2.79. The molecule has 4 heteroatoms. The lowest BCUT2D eigenvalue weighted by molar-refractivity contribution is -0.114. The first-order valence-corrected chi connectivity index (χ1v) is 4.37. The Bertz CT molecular complexity index is 385. The minimum Gasteiger partial charge on any atom is -0.465 e. The Labute approximate surface area is 87.6 Å². The zero-order chi connectivity index (χ0) is 11.1. The molecule has 0 saturated heterocycles. The number of rotatable bonds is 4. The normalized spacial score (nSPS) is 9.93. The molecule has 0 saturated carbocycles. The number of hydrogen-bond donors (Lipinski definition) is 1. The molecule has 1 rings (SSSR count). The van der Waals surface area contributed by atoms with E-state index in [1.807, 2.05) is 0 Å². The third kappa shape index (κ3) is 4.08. The highest BCUT2D eigenvalue weighted by Crippen LogP contribution is 2.17. The van der Waals surface area contributed by atoms with Crippen molar-refractivity contribution < 1.29 is 14.3 Å². The molecule has 4 nitrogen and oxygen atoms in total. The molecule has 1 aromatic carbocycles. The van der Waals surface area contributed by atoms with Gasteiger partial charge >= 0.3 is 0 Å². The standard InChI is InChI=1S/C11H11NO3/c1-9(14)12-10-4-2-5-11(8-10)15-7-3-6-13/h2-8H,1H3,(H,12,14)/b7-3+. The molecular weight excluding hydrogens is 194 g/mol. The minimum atomic E-state index is -0.143. The number of ether oxygens (including phenoxy) is 1. The molecule has 0 aliphatic carbocycles. The van der Waals surface area contributed by atoms with Crippen molar-refractivity contribution in [2.45, 2.75) is 6.92 Å². The van der Waals surface area contributed by atoms with Crippen molar-refractivity contribution in [3.05, 3.63) is 36.6 Å². The first-order valence-electron chi connectivity index (χ1n) is 4.37. The van der Waals surface area contributed by atoms with E-state index < -0.39 is 0 Å². The lowest BCUT2D eigenvalue weighted by Gasteiger charge is -2.04. The Balaban J connectivity index is 2.69. The van der Waals surface area contributed by atoms with Crippen molar-refractivity contribution in [1.29, 1.82) is 0 Å². The number of carbonyl (C=O) groups excluding carboxylic acids is 2. The molecule has 0 heterocycles. The van der Waals surface area contributed by atoms with Gasteiger partial charge in [0, 0.05) is 24.8 Å². The Morgan fingerprint density at radius 1 is 1.47 bits per heavy atom. The summed E-state index contributed by atoms with van der Waals surface area (Å²) in [7, 11) is 0. The zero-order valence-corrected chi connectivity index (χ0v) is 8.27. The molecule has 0 aromatic heterocycles. The maximum atomic E-state index is 10.8. The summed E-state index contributed by atoms with van der Waals surface area (Å²) in [5, 5.41) is 2.62. The van der Waals surface area contributed by atoms with E-state index in [0.29, 0.717) is 17.7 Å². The SMILES string of the molecule is CC(=O)Nc1cccc(O/C=C/C=O)c1. The van der Waals surface area contributed by atoms with Crippen molar-refractivity contribution in [3.63, 3.8) is 0 Å². The van der Waals surface area contributed by atoms with Crippen LogP contribution < -0.4 is 10.1 Å². The van der Waals surface area contributed by atoms with Gasteiger partial charge in [-0.05, 0) is 12.1 Å². The number of benzene rings is 1.